The van der Waals surface area contributed by atoms with E-state index in [4.69, 9.17) is 5.73 Å². The van der Waals surface area contributed by atoms with Crippen LogP contribution in [0.5, 0.6) is 0 Å². The minimum Gasteiger partial charge on any atom is -0.342 e. The van der Waals surface area contributed by atoms with Crippen molar-refractivity contribution in [1.29, 1.82) is 0 Å². The Labute approximate surface area is 177 Å². The van der Waals surface area contributed by atoms with E-state index < -0.39 is 29.4 Å². The van der Waals surface area contributed by atoms with Gasteiger partial charge in [-0.1, -0.05) is 0 Å². The Morgan fingerprint density at radius 1 is 1.16 bits per heavy atom. The largest absolute Gasteiger partial charge is 0.342 e. The van der Waals surface area contributed by atoms with Crippen LogP contribution < -0.4 is 11.1 Å². The van der Waals surface area contributed by atoms with Crippen LogP contribution in [0.2, 0.25) is 0 Å². The summed E-state index contributed by atoms with van der Waals surface area (Å²) < 4.78 is 40.6. The first-order chi connectivity index (χ1) is 14.8. The second kappa shape index (κ2) is 8.70. The van der Waals surface area contributed by atoms with E-state index in [2.05, 4.69) is 15.3 Å². The van der Waals surface area contributed by atoms with Crippen LogP contribution in [0, 0.1) is 23.4 Å². The number of carbonyl (C=O) groups is 2. The van der Waals surface area contributed by atoms with E-state index in [0.717, 1.165) is 18.9 Å². The smallest absolute Gasteiger partial charge is 0.269 e. The molecule has 2 aliphatic heterocycles. The number of nitrogens with zero attached hydrogens (tertiary/aromatic N) is 2. The van der Waals surface area contributed by atoms with Crippen LogP contribution in [-0.2, 0) is 11.2 Å². The molecule has 166 valence electrons. The van der Waals surface area contributed by atoms with Gasteiger partial charge in [-0.25, -0.2) is 18.2 Å². The van der Waals surface area contributed by atoms with E-state index in [9.17, 15) is 22.8 Å². The second-order valence-corrected chi connectivity index (χ2v) is 8.29. The number of carbonyl (C=O) groups excluding carboxylic acids is 2. The Morgan fingerprint density at radius 3 is 2.48 bits per heavy atom. The van der Waals surface area contributed by atoms with Gasteiger partial charge >= 0.3 is 0 Å². The summed E-state index contributed by atoms with van der Waals surface area (Å²) in [5.41, 5.74) is 6.65. The van der Waals surface area contributed by atoms with Crippen LogP contribution in [0.1, 0.15) is 41.7 Å². The zero-order valence-corrected chi connectivity index (χ0v) is 16.8. The number of fused-ring (bicyclic) bond motifs is 2. The van der Waals surface area contributed by atoms with E-state index in [-0.39, 0.29) is 48.1 Å². The van der Waals surface area contributed by atoms with Gasteiger partial charge in [0.25, 0.3) is 5.91 Å². The molecular formula is C21H24F3N5O2. The Hall–Kier alpha value is -2.88. The van der Waals surface area contributed by atoms with E-state index in [1.54, 1.807) is 0 Å². The molecule has 0 aliphatic carbocycles. The molecule has 4 rings (SSSR count). The molecule has 0 unspecified atom stereocenters. The van der Waals surface area contributed by atoms with Gasteiger partial charge in [0.05, 0.1) is 19.1 Å². The quantitative estimate of drug-likeness (QED) is 0.603. The van der Waals surface area contributed by atoms with Crippen molar-refractivity contribution in [2.24, 2.45) is 11.7 Å². The molecule has 1 aromatic heterocycles. The van der Waals surface area contributed by atoms with Crippen LogP contribution in [0.25, 0.3) is 0 Å². The number of nitrogens with two attached hydrogens (primary N) is 1. The number of hydrogen-bond acceptors (Lipinski definition) is 4. The molecule has 0 saturated carbocycles. The molecule has 2 bridgehead atoms. The fourth-order valence-electron chi connectivity index (χ4n) is 4.84. The fraction of sp³-hybridized carbons (Fsp3) is 0.476. The van der Waals surface area contributed by atoms with Gasteiger partial charge < -0.3 is 20.9 Å². The summed E-state index contributed by atoms with van der Waals surface area (Å²) in [5.74, 6) is -3.64. The van der Waals surface area contributed by atoms with E-state index in [1.807, 2.05) is 4.90 Å². The van der Waals surface area contributed by atoms with Crippen LogP contribution in [-0.4, -0.2) is 51.4 Å². The molecule has 1 aromatic carbocycles. The zero-order chi connectivity index (χ0) is 22.1. The Kier molecular flexibility index (Phi) is 5.99. The standard InChI is InChI=1S/C21H24F3N5O2/c22-15-7-17(24)16(23)5-11(15)6-18(25)12-3-13-1-2-14(4-12)29(13)20(30)9-27-21(31)19-8-26-10-28-19/h5,7-8,10,12-14,18H,1-4,6,9,25H2,(H,26,28)(H,27,31)/t12-,13-,14+,18-/m1/s1. The molecule has 2 amide bonds. The topological polar surface area (TPSA) is 104 Å². The summed E-state index contributed by atoms with van der Waals surface area (Å²) in [6.45, 7) is -0.109. The van der Waals surface area contributed by atoms with Crippen LogP contribution in [0.15, 0.2) is 24.7 Å². The average Bonchev–Trinajstić information content (AvgIpc) is 3.36. The lowest BCUT2D eigenvalue weighted by molar-refractivity contribution is -0.135. The normalized spacial score (nSPS) is 23.6. The minimum absolute atomic E-state index is 0.00107. The Bertz CT molecular complexity index is 954. The number of benzene rings is 1. The lowest BCUT2D eigenvalue weighted by Crippen LogP contribution is -2.52. The van der Waals surface area contributed by atoms with Crippen LogP contribution >= 0.6 is 0 Å². The molecule has 2 saturated heterocycles. The molecule has 0 radical (unpaired) electrons. The maximum absolute atomic E-state index is 14.0. The molecule has 2 aliphatic rings. The summed E-state index contributed by atoms with van der Waals surface area (Å²) in [4.78, 5) is 33.0. The van der Waals surface area contributed by atoms with Crippen molar-refractivity contribution < 1.29 is 22.8 Å². The maximum atomic E-state index is 14.0. The number of rotatable bonds is 6. The Balaban J connectivity index is 1.35. The van der Waals surface area contributed by atoms with Crippen molar-refractivity contribution in [2.75, 3.05) is 6.54 Å². The monoisotopic (exact) mass is 435 g/mol. The van der Waals surface area contributed by atoms with Gasteiger partial charge in [-0.05, 0) is 49.7 Å². The third-order valence-electron chi connectivity index (χ3n) is 6.35. The first kappa shape index (κ1) is 21.4. The SMILES string of the molecule is N[C@H](Cc1cc(F)c(F)cc1F)[C@@H]1C[C@H]2CC[C@@H](C1)N2C(=O)CNC(=O)c1cnc[nH]1. The number of piperidine rings is 1. The first-order valence-electron chi connectivity index (χ1n) is 10.3. The average molecular weight is 435 g/mol. The van der Waals surface area contributed by atoms with Crippen molar-refractivity contribution >= 4 is 11.8 Å². The Morgan fingerprint density at radius 2 is 1.84 bits per heavy atom. The van der Waals surface area contributed by atoms with Gasteiger partial charge in [0.1, 0.15) is 11.5 Å². The number of hydrogen-bond donors (Lipinski definition) is 3. The third-order valence-corrected chi connectivity index (χ3v) is 6.35. The molecule has 7 nitrogen and oxygen atoms in total. The van der Waals surface area contributed by atoms with E-state index >= 15 is 0 Å². The number of amides is 2. The predicted molar refractivity (Wildman–Crippen MR) is 105 cm³/mol. The minimum atomic E-state index is -1.22. The predicted octanol–water partition coefficient (Wildman–Crippen LogP) is 1.90. The molecule has 4 N–H and O–H groups in total. The number of imidazole rings is 1. The molecule has 0 spiro atoms. The summed E-state index contributed by atoms with van der Waals surface area (Å²) in [6.07, 6.45) is 5.86. The summed E-state index contributed by atoms with van der Waals surface area (Å²) in [5, 5.41) is 2.60. The summed E-state index contributed by atoms with van der Waals surface area (Å²) in [6, 6.07) is 0.974. The molecule has 31 heavy (non-hydrogen) atoms. The van der Waals surface area contributed by atoms with Crippen molar-refractivity contribution in [3.05, 3.63) is 53.4 Å². The van der Waals surface area contributed by atoms with Gasteiger partial charge in [-0.3, -0.25) is 9.59 Å². The van der Waals surface area contributed by atoms with Gasteiger partial charge in [0.15, 0.2) is 11.6 Å². The number of halogens is 3. The van der Waals surface area contributed by atoms with Crippen molar-refractivity contribution in [3.63, 3.8) is 0 Å². The molecule has 2 aromatic rings. The molecule has 4 atom stereocenters. The van der Waals surface area contributed by atoms with Crippen LogP contribution in [0.3, 0.4) is 0 Å². The highest BCUT2D eigenvalue weighted by molar-refractivity contribution is 5.94. The van der Waals surface area contributed by atoms with Crippen molar-refractivity contribution in [2.45, 2.75) is 50.2 Å². The number of aromatic nitrogens is 2. The van der Waals surface area contributed by atoms with Gasteiger partial charge in [0, 0.05) is 24.2 Å². The number of aromatic amines is 1. The lowest BCUT2D eigenvalue weighted by Gasteiger charge is -2.41. The highest BCUT2D eigenvalue weighted by atomic mass is 19.2. The lowest BCUT2D eigenvalue weighted by atomic mass is 9.82. The molecular weight excluding hydrogens is 411 g/mol. The fourth-order valence-corrected chi connectivity index (χ4v) is 4.84. The highest BCUT2D eigenvalue weighted by Crippen LogP contribution is 2.40. The number of H-pyrrole nitrogens is 1. The van der Waals surface area contributed by atoms with E-state index in [0.29, 0.717) is 18.9 Å². The molecule has 10 heteroatoms. The first-order valence-corrected chi connectivity index (χ1v) is 10.3. The number of nitrogens with one attached hydrogen (secondary N) is 2. The highest BCUT2D eigenvalue weighted by Gasteiger charge is 2.44. The summed E-state index contributed by atoms with van der Waals surface area (Å²) in [7, 11) is 0. The van der Waals surface area contributed by atoms with Crippen molar-refractivity contribution in [1.82, 2.24) is 20.2 Å². The van der Waals surface area contributed by atoms with Gasteiger partial charge in [-0.15, -0.1) is 0 Å². The molecule has 3 heterocycles. The molecule has 2 fully saturated rings. The van der Waals surface area contributed by atoms with Gasteiger partial charge in [-0.2, -0.15) is 0 Å². The van der Waals surface area contributed by atoms with Crippen LogP contribution in [0.4, 0.5) is 13.2 Å². The third kappa shape index (κ3) is 4.43. The van der Waals surface area contributed by atoms with Gasteiger partial charge in [0.2, 0.25) is 5.91 Å². The van der Waals surface area contributed by atoms with E-state index in [1.165, 1.54) is 12.5 Å². The maximum Gasteiger partial charge on any atom is 0.269 e. The summed E-state index contributed by atoms with van der Waals surface area (Å²) >= 11 is 0. The zero-order valence-electron chi connectivity index (χ0n) is 16.8. The second-order valence-electron chi connectivity index (χ2n) is 8.29. The van der Waals surface area contributed by atoms with Crippen molar-refractivity contribution in [3.8, 4) is 0 Å².